The lowest BCUT2D eigenvalue weighted by molar-refractivity contribution is 0.101. The van der Waals surface area contributed by atoms with Crippen molar-refractivity contribution in [1.82, 2.24) is 9.78 Å². The minimum absolute atomic E-state index is 0.0353. The average molecular weight is 216 g/mol. The van der Waals surface area contributed by atoms with Gasteiger partial charge in [0, 0.05) is 18.7 Å². The lowest BCUT2D eigenvalue weighted by atomic mass is 10.1. The van der Waals surface area contributed by atoms with Gasteiger partial charge in [0.2, 0.25) is 0 Å². The molecule has 0 aliphatic rings. The molecule has 0 bridgehead atoms. The van der Waals surface area contributed by atoms with Crippen molar-refractivity contribution in [2.45, 2.75) is 6.92 Å². The van der Waals surface area contributed by atoms with Crippen molar-refractivity contribution in [2.75, 3.05) is 0 Å². The molecule has 2 rings (SSSR count). The van der Waals surface area contributed by atoms with E-state index in [2.05, 4.69) is 5.10 Å². The van der Waals surface area contributed by atoms with Gasteiger partial charge in [-0.25, -0.2) is 0 Å². The van der Waals surface area contributed by atoms with Crippen LogP contribution < -0.4 is 5.56 Å². The molecule has 1 aromatic heterocycles. The maximum atomic E-state index is 11.3. The lowest BCUT2D eigenvalue weighted by Crippen LogP contribution is -2.09. The molecule has 0 amide bonds. The molecule has 0 saturated heterocycles. The zero-order chi connectivity index (χ0) is 11.7. The lowest BCUT2D eigenvalue weighted by Gasteiger charge is -1.99. The van der Waals surface area contributed by atoms with Crippen LogP contribution in [0.4, 0.5) is 0 Å². The molecule has 0 radical (unpaired) electrons. The van der Waals surface area contributed by atoms with Gasteiger partial charge in [0.1, 0.15) is 0 Å². The second-order valence-electron chi connectivity index (χ2n) is 3.70. The Labute approximate surface area is 92.5 Å². The van der Waals surface area contributed by atoms with Crippen molar-refractivity contribution < 1.29 is 4.79 Å². The fraction of sp³-hybridized carbons (Fsp3) is 0.167. The van der Waals surface area contributed by atoms with Gasteiger partial charge in [-0.05, 0) is 12.5 Å². The summed E-state index contributed by atoms with van der Waals surface area (Å²) in [5, 5.41) is 2.93. The van der Waals surface area contributed by atoms with Crippen LogP contribution in [0.2, 0.25) is 0 Å². The van der Waals surface area contributed by atoms with Crippen molar-refractivity contribution >= 4 is 5.78 Å². The van der Waals surface area contributed by atoms with E-state index < -0.39 is 0 Å². The summed E-state index contributed by atoms with van der Waals surface area (Å²) in [5.74, 6) is 0.0353. The SMILES string of the molecule is CC(=O)c1ccc(-c2cc(=O)n(C)[nH]2)cc1. The summed E-state index contributed by atoms with van der Waals surface area (Å²) in [5.41, 5.74) is 2.23. The summed E-state index contributed by atoms with van der Waals surface area (Å²) >= 11 is 0. The Bertz CT molecular complexity index is 576. The first-order valence-corrected chi connectivity index (χ1v) is 4.95. The van der Waals surface area contributed by atoms with Crippen LogP contribution in [0.5, 0.6) is 0 Å². The fourth-order valence-electron chi connectivity index (χ4n) is 1.52. The van der Waals surface area contributed by atoms with Crippen LogP contribution >= 0.6 is 0 Å². The Balaban J connectivity index is 2.42. The molecular weight excluding hydrogens is 204 g/mol. The number of nitrogens with one attached hydrogen (secondary N) is 1. The van der Waals surface area contributed by atoms with Gasteiger partial charge in [-0.2, -0.15) is 0 Å². The van der Waals surface area contributed by atoms with E-state index in [1.807, 2.05) is 12.1 Å². The molecule has 0 aliphatic carbocycles. The molecule has 4 heteroatoms. The summed E-state index contributed by atoms with van der Waals surface area (Å²) in [6.45, 7) is 1.53. The minimum Gasteiger partial charge on any atom is -0.295 e. The number of rotatable bonds is 2. The molecule has 0 spiro atoms. The molecule has 82 valence electrons. The van der Waals surface area contributed by atoms with Crippen LogP contribution in [0.25, 0.3) is 11.3 Å². The summed E-state index contributed by atoms with van der Waals surface area (Å²) in [4.78, 5) is 22.4. The van der Waals surface area contributed by atoms with Gasteiger partial charge < -0.3 is 0 Å². The molecule has 0 atom stereocenters. The standard InChI is InChI=1S/C12H12N2O2/c1-8(15)9-3-5-10(6-4-9)11-7-12(16)14(2)13-11/h3-7,13H,1-2H3. The first kappa shape index (κ1) is 10.4. The number of hydrogen-bond acceptors (Lipinski definition) is 2. The number of ketones is 1. The number of hydrogen-bond donors (Lipinski definition) is 1. The van der Waals surface area contributed by atoms with E-state index in [0.717, 1.165) is 11.3 Å². The van der Waals surface area contributed by atoms with Crippen LogP contribution in [0.3, 0.4) is 0 Å². The van der Waals surface area contributed by atoms with Gasteiger partial charge in [0.05, 0.1) is 5.69 Å². The Morgan fingerprint density at radius 1 is 1.25 bits per heavy atom. The first-order chi connectivity index (χ1) is 7.58. The minimum atomic E-state index is -0.0781. The van der Waals surface area contributed by atoms with E-state index in [-0.39, 0.29) is 11.3 Å². The van der Waals surface area contributed by atoms with Crippen molar-refractivity contribution in [3.05, 3.63) is 46.2 Å². The maximum absolute atomic E-state index is 11.3. The van der Waals surface area contributed by atoms with Crippen molar-refractivity contribution in [2.24, 2.45) is 7.05 Å². The molecule has 0 unspecified atom stereocenters. The number of carbonyl (C=O) groups excluding carboxylic acids is 1. The van der Waals surface area contributed by atoms with Crippen molar-refractivity contribution in [3.8, 4) is 11.3 Å². The van der Waals surface area contributed by atoms with Gasteiger partial charge in [-0.1, -0.05) is 24.3 Å². The first-order valence-electron chi connectivity index (χ1n) is 4.95. The highest BCUT2D eigenvalue weighted by molar-refractivity contribution is 5.94. The number of nitrogens with zero attached hydrogens (tertiary/aromatic N) is 1. The van der Waals surface area contributed by atoms with Gasteiger partial charge in [0.15, 0.2) is 5.78 Å². The van der Waals surface area contributed by atoms with Gasteiger partial charge >= 0.3 is 0 Å². The topological polar surface area (TPSA) is 54.9 Å². The summed E-state index contributed by atoms with van der Waals surface area (Å²) < 4.78 is 1.41. The number of H-pyrrole nitrogens is 1. The number of carbonyl (C=O) groups is 1. The maximum Gasteiger partial charge on any atom is 0.266 e. The third-order valence-corrected chi connectivity index (χ3v) is 2.49. The second kappa shape index (κ2) is 3.81. The second-order valence-corrected chi connectivity index (χ2v) is 3.70. The van der Waals surface area contributed by atoms with E-state index in [0.29, 0.717) is 5.56 Å². The van der Waals surface area contributed by atoms with Crippen LogP contribution in [-0.2, 0) is 7.05 Å². The Morgan fingerprint density at radius 2 is 1.88 bits per heavy atom. The largest absolute Gasteiger partial charge is 0.295 e. The monoisotopic (exact) mass is 216 g/mol. The molecule has 1 N–H and O–H groups in total. The molecular formula is C12H12N2O2. The smallest absolute Gasteiger partial charge is 0.266 e. The Kier molecular flexibility index (Phi) is 2.48. The molecule has 1 aromatic carbocycles. The van der Waals surface area contributed by atoms with E-state index in [4.69, 9.17) is 0 Å². The van der Waals surface area contributed by atoms with E-state index in [1.54, 1.807) is 19.2 Å². The highest BCUT2D eigenvalue weighted by Gasteiger charge is 2.04. The van der Waals surface area contributed by atoms with Gasteiger partial charge in [-0.3, -0.25) is 19.4 Å². The molecule has 1 heterocycles. The third-order valence-electron chi connectivity index (χ3n) is 2.49. The number of aromatic nitrogens is 2. The zero-order valence-electron chi connectivity index (χ0n) is 9.15. The summed E-state index contributed by atoms with van der Waals surface area (Å²) in [7, 11) is 1.66. The number of aryl methyl sites for hydroxylation is 1. The molecule has 0 fully saturated rings. The van der Waals surface area contributed by atoms with Crippen molar-refractivity contribution in [1.29, 1.82) is 0 Å². The van der Waals surface area contributed by atoms with Crippen LogP contribution in [0.15, 0.2) is 35.1 Å². The highest BCUT2D eigenvalue weighted by atomic mass is 16.1. The molecule has 0 saturated carbocycles. The number of aromatic amines is 1. The molecule has 4 nitrogen and oxygen atoms in total. The highest BCUT2D eigenvalue weighted by Crippen LogP contribution is 2.16. The summed E-state index contributed by atoms with van der Waals surface area (Å²) in [6.07, 6.45) is 0. The quantitative estimate of drug-likeness (QED) is 0.775. The third kappa shape index (κ3) is 1.82. The Morgan fingerprint density at radius 3 is 2.31 bits per heavy atom. The Hall–Kier alpha value is -2.10. The van der Waals surface area contributed by atoms with Crippen molar-refractivity contribution in [3.63, 3.8) is 0 Å². The molecule has 0 aliphatic heterocycles. The average Bonchev–Trinajstić information content (AvgIpc) is 2.59. The summed E-state index contributed by atoms with van der Waals surface area (Å²) in [6, 6.07) is 8.68. The van der Waals surface area contributed by atoms with Gasteiger partial charge in [-0.15, -0.1) is 0 Å². The van der Waals surface area contributed by atoms with Crippen LogP contribution in [0, 0.1) is 0 Å². The van der Waals surface area contributed by atoms with E-state index in [1.165, 1.54) is 17.7 Å². The van der Waals surface area contributed by atoms with Crippen LogP contribution in [0.1, 0.15) is 17.3 Å². The van der Waals surface area contributed by atoms with Gasteiger partial charge in [0.25, 0.3) is 5.56 Å². The predicted octanol–water partition coefficient (Wildman–Crippen LogP) is 1.58. The zero-order valence-corrected chi connectivity index (χ0v) is 9.15. The molecule has 16 heavy (non-hydrogen) atoms. The fourth-order valence-corrected chi connectivity index (χ4v) is 1.52. The predicted molar refractivity (Wildman–Crippen MR) is 61.5 cm³/mol. The number of benzene rings is 1. The number of Topliss-reactive ketones (excluding diaryl/α,β-unsaturated/α-hetero) is 1. The van der Waals surface area contributed by atoms with Crippen LogP contribution in [-0.4, -0.2) is 15.6 Å². The van der Waals surface area contributed by atoms with E-state index >= 15 is 0 Å². The normalized spacial score (nSPS) is 10.4. The molecule has 2 aromatic rings. The van der Waals surface area contributed by atoms with E-state index in [9.17, 15) is 9.59 Å².